The number of nitrogens with zero attached hydrogens (tertiary/aromatic N) is 1. The molecule has 0 aliphatic carbocycles. The molecule has 1 N–H and O–H groups in total. The maximum atomic E-state index is 13.5. The second-order valence-corrected chi connectivity index (χ2v) is 5.72. The number of aryl methyl sites for hydroxylation is 1. The van der Waals surface area contributed by atoms with Crippen LogP contribution in [0, 0.1) is 25.1 Å². The van der Waals surface area contributed by atoms with Gasteiger partial charge in [-0.25, -0.2) is 4.39 Å². The summed E-state index contributed by atoms with van der Waals surface area (Å²) in [5.74, 6) is 2.49. The first-order valence-electron chi connectivity index (χ1n) is 7.73. The van der Waals surface area contributed by atoms with Gasteiger partial charge in [-0.15, -0.1) is 6.42 Å². The number of aromatic amines is 1. The predicted molar refractivity (Wildman–Crippen MR) is 96.5 cm³/mol. The van der Waals surface area contributed by atoms with Crippen molar-refractivity contribution < 1.29 is 13.9 Å². The zero-order valence-electron chi connectivity index (χ0n) is 14.0. The molecule has 5 heteroatoms. The van der Waals surface area contributed by atoms with E-state index in [0.717, 1.165) is 10.9 Å². The van der Waals surface area contributed by atoms with E-state index in [9.17, 15) is 9.18 Å². The highest BCUT2D eigenvalue weighted by molar-refractivity contribution is 6.07. The number of benzene rings is 2. The number of carbonyl (C=O) groups excluding carboxylic acids is 1. The lowest BCUT2D eigenvalue weighted by atomic mass is 10.1. The Bertz CT molecular complexity index is 968. The van der Waals surface area contributed by atoms with Crippen LogP contribution in [0.25, 0.3) is 10.9 Å². The van der Waals surface area contributed by atoms with E-state index in [1.54, 1.807) is 37.4 Å². The fourth-order valence-corrected chi connectivity index (χ4v) is 2.68. The summed E-state index contributed by atoms with van der Waals surface area (Å²) in [5.41, 5.74) is 2.49. The smallest absolute Gasteiger partial charge is 0.274 e. The molecule has 0 saturated heterocycles. The zero-order chi connectivity index (χ0) is 18.0. The van der Waals surface area contributed by atoms with Gasteiger partial charge in [0, 0.05) is 23.6 Å². The average Bonchev–Trinajstić information content (AvgIpc) is 3.03. The van der Waals surface area contributed by atoms with E-state index >= 15 is 0 Å². The molecule has 1 heterocycles. The minimum Gasteiger partial charge on any atom is -0.481 e. The number of rotatable bonds is 4. The number of H-pyrrole nitrogens is 1. The normalized spacial score (nSPS) is 10.5. The number of terminal acetylenes is 1. The van der Waals surface area contributed by atoms with Gasteiger partial charge in [0.15, 0.2) is 0 Å². The molecule has 1 aromatic heterocycles. The van der Waals surface area contributed by atoms with Gasteiger partial charge in [0.25, 0.3) is 5.91 Å². The predicted octanol–water partition coefficient (Wildman–Crippen LogP) is 3.90. The summed E-state index contributed by atoms with van der Waals surface area (Å²) in [5, 5.41) is 0.830. The first kappa shape index (κ1) is 16.6. The number of anilines is 1. The summed E-state index contributed by atoms with van der Waals surface area (Å²) in [6.07, 6.45) is 5.16. The van der Waals surface area contributed by atoms with Crippen LogP contribution in [0.15, 0.2) is 42.5 Å². The molecule has 1 amide bonds. The summed E-state index contributed by atoms with van der Waals surface area (Å²) in [7, 11) is 1.68. The van der Waals surface area contributed by atoms with Crippen molar-refractivity contribution in [1.29, 1.82) is 0 Å². The van der Waals surface area contributed by atoms with Crippen molar-refractivity contribution in [3.63, 3.8) is 0 Å². The number of halogens is 1. The van der Waals surface area contributed by atoms with Crippen molar-refractivity contribution in [2.24, 2.45) is 0 Å². The molecule has 0 saturated carbocycles. The third-order valence-electron chi connectivity index (χ3n) is 3.99. The van der Waals surface area contributed by atoms with E-state index in [1.807, 2.05) is 6.92 Å². The number of amides is 1. The van der Waals surface area contributed by atoms with Crippen LogP contribution in [0.1, 0.15) is 16.1 Å². The van der Waals surface area contributed by atoms with Crippen molar-refractivity contribution in [2.75, 3.05) is 18.6 Å². The topological polar surface area (TPSA) is 45.3 Å². The fourth-order valence-electron chi connectivity index (χ4n) is 2.68. The second-order valence-electron chi connectivity index (χ2n) is 5.72. The standard InChI is InChI=1S/C20H17FN2O2/c1-4-9-25-16-7-5-15(6-8-16)23(3)20(24)19-12-17-13(2)10-14(21)11-18(17)22-19/h1,5-8,10-12,22H,9H2,2-3H3. The van der Waals surface area contributed by atoms with Crippen LogP contribution in [0.2, 0.25) is 0 Å². The van der Waals surface area contributed by atoms with E-state index in [4.69, 9.17) is 11.2 Å². The van der Waals surface area contributed by atoms with Gasteiger partial charge in [0.05, 0.1) is 0 Å². The van der Waals surface area contributed by atoms with Crippen LogP contribution in [0.5, 0.6) is 5.75 Å². The van der Waals surface area contributed by atoms with Crippen molar-refractivity contribution >= 4 is 22.5 Å². The van der Waals surface area contributed by atoms with Crippen LogP contribution in [-0.2, 0) is 0 Å². The van der Waals surface area contributed by atoms with E-state index < -0.39 is 0 Å². The van der Waals surface area contributed by atoms with E-state index in [-0.39, 0.29) is 18.3 Å². The van der Waals surface area contributed by atoms with Gasteiger partial charge in [-0.3, -0.25) is 4.79 Å². The van der Waals surface area contributed by atoms with Crippen molar-refractivity contribution in [3.8, 4) is 18.1 Å². The SMILES string of the molecule is C#CCOc1ccc(N(C)C(=O)c2cc3c(C)cc(F)cc3[nH]2)cc1. The minimum atomic E-state index is -0.332. The minimum absolute atomic E-state index is 0.194. The summed E-state index contributed by atoms with van der Waals surface area (Å²) >= 11 is 0. The van der Waals surface area contributed by atoms with Crippen LogP contribution in [-0.4, -0.2) is 24.5 Å². The van der Waals surface area contributed by atoms with Crippen molar-refractivity contribution in [1.82, 2.24) is 4.98 Å². The number of ether oxygens (including phenoxy) is 1. The second kappa shape index (κ2) is 6.70. The Hall–Kier alpha value is -3.26. The third-order valence-corrected chi connectivity index (χ3v) is 3.99. The number of nitrogens with one attached hydrogen (secondary N) is 1. The molecule has 126 valence electrons. The van der Waals surface area contributed by atoms with Crippen LogP contribution in [0.3, 0.4) is 0 Å². The maximum Gasteiger partial charge on any atom is 0.274 e. The number of carbonyl (C=O) groups is 1. The summed E-state index contributed by atoms with van der Waals surface area (Å²) in [6, 6.07) is 11.6. The Morgan fingerprint density at radius 2 is 2.00 bits per heavy atom. The Labute approximate surface area is 145 Å². The van der Waals surface area contributed by atoms with Gasteiger partial charge in [0.1, 0.15) is 23.9 Å². The van der Waals surface area contributed by atoms with Crippen LogP contribution >= 0.6 is 0 Å². The quantitative estimate of drug-likeness (QED) is 0.734. The average molecular weight is 336 g/mol. The van der Waals surface area contributed by atoms with Gasteiger partial charge >= 0.3 is 0 Å². The number of hydrogen-bond acceptors (Lipinski definition) is 2. The maximum absolute atomic E-state index is 13.5. The van der Waals surface area contributed by atoms with Gasteiger partial charge in [-0.2, -0.15) is 0 Å². The summed E-state index contributed by atoms with van der Waals surface area (Å²) < 4.78 is 18.8. The van der Waals surface area contributed by atoms with Gasteiger partial charge in [-0.05, 0) is 55.0 Å². The fraction of sp³-hybridized carbons (Fsp3) is 0.150. The molecule has 0 atom stereocenters. The Morgan fingerprint density at radius 3 is 2.68 bits per heavy atom. The highest BCUT2D eigenvalue weighted by atomic mass is 19.1. The van der Waals surface area contributed by atoms with Crippen molar-refractivity contribution in [3.05, 3.63) is 59.5 Å². The van der Waals surface area contributed by atoms with Crippen LogP contribution < -0.4 is 9.64 Å². The molecular formula is C20H17FN2O2. The number of fused-ring (bicyclic) bond motifs is 1. The summed E-state index contributed by atoms with van der Waals surface area (Å²) in [4.78, 5) is 17.2. The zero-order valence-corrected chi connectivity index (χ0v) is 14.0. The molecule has 25 heavy (non-hydrogen) atoms. The van der Waals surface area contributed by atoms with Crippen molar-refractivity contribution in [2.45, 2.75) is 6.92 Å². The van der Waals surface area contributed by atoms with Gasteiger partial charge in [-0.1, -0.05) is 5.92 Å². The summed E-state index contributed by atoms with van der Waals surface area (Å²) in [6.45, 7) is 2.01. The molecule has 0 unspecified atom stereocenters. The largest absolute Gasteiger partial charge is 0.481 e. The first-order chi connectivity index (χ1) is 12.0. The highest BCUT2D eigenvalue weighted by Crippen LogP contribution is 2.24. The molecule has 0 aliphatic heterocycles. The molecule has 3 rings (SSSR count). The molecule has 0 aliphatic rings. The van der Waals surface area contributed by atoms with Gasteiger partial charge in [0.2, 0.25) is 0 Å². The van der Waals surface area contributed by atoms with E-state index in [0.29, 0.717) is 22.6 Å². The molecule has 0 radical (unpaired) electrons. The Kier molecular flexibility index (Phi) is 4.44. The van der Waals surface area contributed by atoms with Gasteiger partial charge < -0.3 is 14.6 Å². The van der Waals surface area contributed by atoms with Crippen LogP contribution in [0.4, 0.5) is 10.1 Å². The van der Waals surface area contributed by atoms with E-state index in [2.05, 4.69) is 10.9 Å². The first-order valence-corrected chi connectivity index (χ1v) is 7.73. The Morgan fingerprint density at radius 1 is 1.28 bits per heavy atom. The lowest BCUT2D eigenvalue weighted by molar-refractivity contribution is 0.0989. The molecule has 0 fully saturated rings. The molecule has 3 aromatic rings. The molecule has 2 aromatic carbocycles. The Balaban J connectivity index is 1.85. The molecule has 4 nitrogen and oxygen atoms in total. The lowest BCUT2D eigenvalue weighted by Crippen LogP contribution is -2.26. The lowest BCUT2D eigenvalue weighted by Gasteiger charge is -2.16. The monoisotopic (exact) mass is 336 g/mol. The molecular weight excluding hydrogens is 319 g/mol. The van der Waals surface area contributed by atoms with E-state index in [1.165, 1.54) is 17.0 Å². The molecule has 0 bridgehead atoms. The molecule has 0 spiro atoms. The highest BCUT2D eigenvalue weighted by Gasteiger charge is 2.17. The number of aromatic nitrogens is 1. The third kappa shape index (κ3) is 3.33. The number of hydrogen-bond donors (Lipinski definition) is 1.